The molecule has 0 radical (unpaired) electrons. The van der Waals surface area contributed by atoms with E-state index in [0.29, 0.717) is 12.1 Å². The van der Waals surface area contributed by atoms with Crippen molar-refractivity contribution in [2.45, 2.75) is 38.9 Å². The van der Waals surface area contributed by atoms with E-state index in [1.807, 2.05) is 13.1 Å². The lowest BCUT2D eigenvalue weighted by Gasteiger charge is -2.38. The second-order valence-electron chi connectivity index (χ2n) is 6.35. The maximum Gasteiger partial charge on any atom is 0.191 e. The van der Waals surface area contributed by atoms with Gasteiger partial charge in [0, 0.05) is 36.7 Å². The van der Waals surface area contributed by atoms with Crippen LogP contribution in [-0.4, -0.2) is 56.3 Å². The number of morpholine rings is 1. The van der Waals surface area contributed by atoms with Crippen molar-refractivity contribution >= 4 is 45.9 Å². The summed E-state index contributed by atoms with van der Waals surface area (Å²) in [5.41, 5.74) is 1.22. The van der Waals surface area contributed by atoms with E-state index in [4.69, 9.17) is 4.74 Å². The van der Waals surface area contributed by atoms with Crippen molar-refractivity contribution in [2.24, 2.45) is 4.99 Å². The van der Waals surface area contributed by atoms with Crippen molar-refractivity contribution in [1.82, 2.24) is 15.5 Å². The molecule has 1 aliphatic heterocycles. The molecule has 2 rings (SSSR count). The third kappa shape index (κ3) is 6.69. The van der Waals surface area contributed by atoms with Crippen molar-refractivity contribution in [3.63, 3.8) is 0 Å². The van der Waals surface area contributed by atoms with Gasteiger partial charge in [-0.3, -0.25) is 9.89 Å². The Balaban J connectivity index is 0.00000312. The van der Waals surface area contributed by atoms with Crippen LogP contribution in [0.3, 0.4) is 0 Å². The summed E-state index contributed by atoms with van der Waals surface area (Å²) in [6.45, 7) is 10.1. The fourth-order valence-corrected chi connectivity index (χ4v) is 3.69. The first-order chi connectivity index (χ1) is 11.5. The van der Waals surface area contributed by atoms with Crippen molar-refractivity contribution in [3.05, 3.63) is 34.3 Å². The van der Waals surface area contributed by atoms with Gasteiger partial charge in [-0.05, 0) is 32.4 Å². The van der Waals surface area contributed by atoms with Crippen LogP contribution < -0.4 is 10.6 Å². The van der Waals surface area contributed by atoms with E-state index >= 15 is 0 Å². The first kappa shape index (κ1) is 22.7. The summed E-state index contributed by atoms with van der Waals surface area (Å²) in [7, 11) is 1.81. The monoisotopic (exact) mass is 524 g/mol. The smallest absolute Gasteiger partial charge is 0.191 e. The molecule has 0 aliphatic carbocycles. The average Bonchev–Trinajstić information content (AvgIpc) is 2.58. The number of nitrogens with zero attached hydrogens (tertiary/aromatic N) is 2. The molecule has 1 aliphatic rings. The van der Waals surface area contributed by atoms with Gasteiger partial charge in [0.25, 0.3) is 0 Å². The minimum Gasteiger partial charge on any atom is -0.379 e. The summed E-state index contributed by atoms with van der Waals surface area (Å²) >= 11 is 3.61. The first-order valence-electron chi connectivity index (χ1n) is 8.58. The number of benzene rings is 1. The Labute approximate surface area is 177 Å². The van der Waals surface area contributed by atoms with Crippen molar-refractivity contribution in [2.75, 3.05) is 33.4 Å². The highest BCUT2D eigenvalue weighted by Crippen LogP contribution is 2.22. The molecule has 1 heterocycles. The Morgan fingerprint density at radius 2 is 2.12 bits per heavy atom. The molecule has 2 N–H and O–H groups in total. The maximum atomic E-state index is 5.52. The van der Waals surface area contributed by atoms with Gasteiger partial charge in [0.2, 0.25) is 0 Å². The highest BCUT2D eigenvalue weighted by atomic mass is 127. The molecule has 142 valence electrons. The first-order valence-corrected chi connectivity index (χ1v) is 9.37. The Morgan fingerprint density at radius 1 is 1.40 bits per heavy atom. The summed E-state index contributed by atoms with van der Waals surface area (Å²) in [6, 6.07) is 9.32. The molecular formula is C18H30BrIN4O. The Kier molecular flexibility index (Phi) is 10.3. The van der Waals surface area contributed by atoms with E-state index in [-0.39, 0.29) is 30.0 Å². The molecule has 3 unspecified atom stereocenters. The SMILES string of the molecule is CN=C(NCC(C)N1CCOCC1C)NC(C)c1ccccc1Br.I. The van der Waals surface area contributed by atoms with Crippen LogP contribution in [0.4, 0.5) is 0 Å². The van der Waals surface area contributed by atoms with Crippen molar-refractivity contribution < 1.29 is 4.74 Å². The standard InChI is InChI=1S/C18H29BrN4O.HI/c1-13(23-9-10-24-12-14(23)2)11-21-18(20-4)22-15(3)16-7-5-6-8-17(16)19;/h5-8,13-15H,9-12H2,1-4H3,(H2,20,21,22);1H. The number of aliphatic imine (C=N–C) groups is 1. The average molecular weight is 525 g/mol. The number of guanidine groups is 1. The van der Waals surface area contributed by atoms with Crippen LogP contribution in [0, 0.1) is 0 Å². The zero-order valence-corrected chi connectivity index (χ0v) is 19.4. The van der Waals surface area contributed by atoms with Gasteiger partial charge >= 0.3 is 0 Å². The molecule has 25 heavy (non-hydrogen) atoms. The fourth-order valence-electron chi connectivity index (χ4n) is 3.06. The van der Waals surface area contributed by atoms with Gasteiger partial charge in [-0.2, -0.15) is 0 Å². The predicted octanol–water partition coefficient (Wildman–Crippen LogP) is 3.40. The predicted molar refractivity (Wildman–Crippen MR) is 119 cm³/mol. The van der Waals surface area contributed by atoms with Gasteiger partial charge in [0.15, 0.2) is 5.96 Å². The zero-order valence-electron chi connectivity index (χ0n) is 15.5. The lowest BCUT2D eigenvalue weighted by molar-refractivity contribution is -0.0174. The van der Waals surface area contributed by atoms with Gasteiger partial charge < -0.3 is 15.4 Å². The quantitative estimate of drug-likeness (QED) is 0.352. The van der Waals surface area contributed by atoms with Crippen LogP contribution in [0.1, 0.15) is 32.4 Å². The van der Waals surface area contributed by atoms with E-state index in [1.165, 1.54) is 5.56 Å². The summed E-state index contributed by atoms with van der Waals surface area (Å²) < 4.78 is 6.63. The van der Waals surface area contributed by atoms with Gasteiger partial charge in [0.05, 0.1) is 19.3 Å². The van der Waals surface area contributed by atoms with E-state index < -0.39 is 0 Å². The third-order valence-electron chi connectivity index (χ3n) is 4.50. The fraction of sp³-hybridized carbons (Fsp3) is 0.611. The Bertz CT molecular complexity index is 558. The molecule has 7 heteroatoms. The maximum absolute atomic E-state index is 5.52. The summed E-state index contributed by atoms with van der Waals surface area (Å²) in [5, 5.41) is 6.91. The molecule has 5 nitrogen and oxygen atoms in total. The lowest BCUT2D eigenvalue weighted by Crippen LogP contribution is -2.53. The molecule has 0 spiro atoms. The van der Waals surface area contributed by atoms with E-state index in [0.717, 1.165) is 36.7 Å². The zero-order chi connectivity index (χ0) is 17.5. The number of hydrogen-bond donors (Lipinski definition) is 2. The molecule has 0 saturated carbocycles. The lowest BCUT2D eigenvalue weighted by atomic mass is 10.1. The Morgan fingerprint density at radius 3 is 2.76 bits per heavy atom. The highest BCUT2D eigenvalue weighted by Gasteiger charge is 2.23. The summed E-state index contributed by atoms with van der Waals surface area (Å²) in [6.07, 6.45) is 0. The van der Waals surface area contributed by atoms with Gasteiger partial charge in [0.1, 0.15) is 0 Å². The van der Waals surface area contributed by atoms with Crippen LogP contribution in [-0.2, 0) is 4.74 Å². The van der Waals surface area contributed by atoms with E-state index in [9.17, 15) is 0 Å². The molecular weight excluding hydrogens is 495 g/mol. The minimum absolute atomic E-state index is 0. The number of ether oxygens (including phenoxy) is 1. The minimum atomic E-state index is 0. The highest BCUT2D eigenvalue weighted by molar-refractivity contribution is 14.0. The summed E-state index contributed by atoms with van der Waals surface area (Å²) in [5.74, 6) is 0.825. The topological polar surface area (TPSA) is 48.9 Å². The molecule has 1 aromatic rings. The van der Waals surface area contributed by atoms with Crippen LogP contribution in [0.15, 0.2) is 33.7 Å². The van der Waals surface area contributed by atoms with Gasteiger partial charge in [-0.25, -0.2) is 0 Å². The normalized spacial score (nSPS) is 21.2. The Hall–Kier alpha value is -0.380. The van der Waals surface area contributed by atoms with Crippen LogP contribution in [0.2, 0.25) is 0 Å². The molecule has 0 aromatic heterocycles. The van der Waals surface area contributed by atoms with E-state index in [1.54, 1.807) is 0 Å². The molecule has 1 fully saturated rings. The van der Waals surface area contributed by atoms with Crippen LogP contribution in [0.5, 0.6) is 0 Å². The molecule has 0 amide bonds. The summed E-state index contributed by atoms with van der Waals surface area (Å²) in [4.78, 5) is 6.84. The second kappa shape index (κ2) is 11.4. The number of rotatable bonds is 5. The van der Waals surface area contributed by atoms with Crippen molar-refractivity contribution in [1.29, 1.82) is 0 Å². The molecule has 1 saturated heterocycles. The van der Waals surface area contributed by atoms with Crippen LogP contribution >= 0.6 is 39.9 Å². The number of halogens is 2. The van der Waals surface area contributed by atoms with E-state index in [2.05, 4.69) is 75.4 Å². The number of nitrogens with one attached hydrogen (secondary N) is 2. The van der Waals surface area contributed by atoms with Gasteiger partial charge in [-0.15, -0.1) is 24.0 Å². The number of hydrogen-bond acceptors (Lipinski definition) is 3. The molecule has 1 aromatic carbocycles. The van der Waals surface area contributed by atoms with Crippen molar-refractivity contribution in [3.8, 4) is 0 Å². The second-order valence-corrected chi connectivity index (χ2v) is 7.21. The molecule has 0 bridgehead atoms. The largest absolute Gasteiger partial charge is 0.379 e. The molecule has 3 atom stereocenters. The van der Waals surface area contributed by atoms with Gasteiger partial charge in [-0.1, -0.05) is 34.1 Å². The van der Waals surface area contributed by atoms with Crippen LogP contribution in [0.25, 0.3) is 0 Å². The third-order valence-corrected chi connectivity index (χ3v) is 5.22.